The fourth-order valence-corrected chi connectivity index (χ4v) is 4.32. The number of rotatable bonds is 5. The minimum absolute atomic E-state index is 0.0266. The molecule has 1 aliphatic heterocycles. The summed E-state index contributed by atoms with van der Waals surface area (Å²) in [6.45, 7) is 2.20. The van der Waals surface area contributed by atoms with Crippen molar-refractivity contribution in [3.8, 4) is 0 Å². The van der Waals surface area contributed by atoms with E-state index in [1.807, 2.05) is 23.6 Å². The maximum Gasteiger partial charge on any atom is 0.244 e. The van der Waals surface area contributed by atoms with Crippen LogP contribution in [0, 0.1) is 0 Å². The minimum atomic E-state index is -0.0316. The zero-order valence-corrected chi connectivity index (χ0v) is 13.9. The first kappa shape index (κ1) is 15.5. The van der Waals surface area contributed by atoms with Crippen molar-refractivity contribution in [1.82, 2.24) is 5.32 Å². The fraction of sp³-hybridized carbons (Fsp3) is 0.353. The predicted molar refractivity (Wildman–Crippen MR) is 92.4 cm³/mol. The zero-order chi connectivity index (χ0) is 15.3. The number of ether oxygens (including phenoxy) is 1. The second-order valence-electron chi connectivity index (χ2n) is 5.44. The van der Waals surface area contributed by atoms with E-state index < -0.39 is 0 Å². The van der Waals surface area contributed by atoms with Gasteiger partial charge in [0.15, 0.2) is 0 Å². The number of thiophene rings is 2. The molecule has 1 amide bonds. The molecule has 5 heteroatoms. The Hall–Kier alpha value is -1.43. The van der Waals surface area contributed by atoms with E-state index in [0.717, 1.165) is 30.9 Å². The van der Waals surface area contributed by atoms with Crippen LogP contribution >= 0.6 is 22.7 Å². The molecule has 0 spiro atoms. The summed E-state index contributed by atoms with van der Waals surface area (Å²) < 4.78 is 5.51. The van der Waals surface area contributed by atoms with Crippen molar-refractivity contribution >= 4 is 34.7 Å². The Morgan fingerprint density at radius 3 is 2.68 bits per heavy atom. The van der Waals surface area contributed by atoms with Gasteiger partial charge in [0.05, 0.1) is 0 Å². The molecule has 0 atom stereocenters. The first-order chi connectivity index (χ1) is 10.8. The van der Waals surface area contributed by atoms with Gasteiger partial charge in [-0.1, -0.05) is 12.1 Å². The van der Waals surface area contributed by atoms with Gasteiger partial charge in [-0.2, -0.15) is 0 Å². The monoisotopic (exact) mass is 333 g/mol. The minimum Gasteiger partial charge on any atom is -0.381 e. The Bertz CT molecular complexity index is 611. The Labute approximate surface area is 138 Å². The highest BCUT2D eigenvalue weighted by Crippen LogP contribution is 2.36. The van der Waals surface area contributed by atoms with Gasteiger partial charge in [-0.25, -0.2) is 0 Å². The van der Waals surface area contributed by atoms with Crippen molar-refractivity contribution in [1.29, 1.82) is 0 Å². The molecule has 1 N–H and O–H groups in total. The molecule has 0 aliphatic carbocycles. The van der Waals surface area contributed by atoms with E-state index in [-0.39, 0.29) is 11.3 Å². The van der Waals surface area contributed by atoms with Gasteiger partial charge in [-0.05, 0) is 41.8 Å². The molecular weight excluding hydrogens is 314 g/mol. The third-order valence-electron chi connectivity index (χ3n) is 4.04. The molecule has 0 saturated carbocycles. The molecule has 3 heterocycles. The highest BCUT2D eigenvalue weighted by molar-refractivity contribution is 7.10. The Morgan fingerprint density at radius 1 is 1.23 bits per heavy atom. The number of hydrogen-bond donors (Lipinski definition) is 1. The van der Waals surface area contributed by atoms with E-state index in [0.29, 0.717) is 6.54 Å². The van der Waals surface area contributed by atoms with E-state index in [2.05, 4.69) is 22.8 Å². The number of carbonyl (C=O) groups is 1. The van der Waals surface area contributed by atoms with Crippen LogP contribution in [0.4, 0.5) is 0 Å². The molecule has 1 aliphatic rings. The lowest BCUT2D eigenvalue weighted by molar-refractivity contribution is -0.116. The molecule has 0 bridgehead atoms. The van der Waals surface area contributed by atoms with Crippen LogP contribution in [-0.4, -0.2) is 25.7 Å². The maximum absolute atomic E-state index is 12.1. The van der Waals surface area contributed by atoms with Gasteiger partial charge >= 0.3 is 0 Å². The lowest BCUT2D eigenvalue weighted by atomic mass is 9.78. The maximum atomic E-state index is 12.1. The van der Waals surface area contributed by atoms with Gasteiger partial charge in [0, 0.05) is 41.0 Å². The molecule has 0 unspecified atom stereocenters. The van der Waals surface area contributed by atoms with Gasteiger partial charge < -0.3 is 10.1 Å². The Kier molecular flexibility index (Phi) is 5.08. The van der Waals surface area contributed by atoms with Gasteiger partial charge in [0.2, 0.25) is 5.91 Å². The van der Waals surface area contributed by atoms with Crippen LogP contribution in [0.1, 0.15) is 22.6 Å². The van der Waals surface area contributed by atoms with Crippen molar-refractivity contribution in [3.05, 3.63) is 50.9 Å². The van der Waals surface area contributed by atoms with Crippen LogP contribution in [0.3, 0.4) is 0 Å². The van der Waals surface area contributed by atoms with Crippen molar-refractivity contribution in [2.75, 3.05) is 19.8 Å². The van der Waals surface area contributed by atoms with Crippen LogP contribution < -0.4 is 5.32 Å². The fourth-order valence-electron chi connectivity index (χ4n) is 2.71. The molecule has 0 radical (unpaired) electrons. The van der Waals surface area contributed by atoms with Crippen LogP contribution in [-0.2, 0) is 14.9 Å². The lowest BCUT2D eigenvalue weighted by Crippen LogP contribution is -2.43. The van der Waals surface area contributed by atoms with E-state index in [1.165, 1.54) is 4.88 Å². The smallest absolute Gasteiger partial charge is 0.244 e. The summed E-state index contributed by atoms with van der Waals surface area (Å²) in [4.78, 5) is 14.5. The van der Waals surface area contributed by atoms with E-state index in [9.17, 15) is 4.79 Å². The average Bonchev–Trinajstić information content (AvgIpc) is 3.25. The molecule has 2 aromatic rings. The zero-order valence-electron chi connectivity index (χ0n) is 12.3. The third kappa shape index (κ3) is 3.66. The quantitative estimate of drug-likeness (QED) is 0.848. The Morgan fingerprint density at radius 2 is 2.00 bits per heavy atom. The van der Waals surface area contributed by atoms with Crippen molar-refractivity contribution in [2.45, 2.75) is 18.3 Å². The summed E-state index contributed by atoms with van der Waals surface area (Å²) in [5.41, 5.74) is 0.0266. The van der Waals surface area contributed by atoms with Gasteiger partial charge in [-0.3, -0.25) is 4.79 Å². The Balaban J connectivity index is 1.63. The molecule has 0 aromatic carbocycles. The van der Waals surface area contributed by atoms with Crippen molar-refractivity contribution < 1.29 is 9.53 Å². The van der Waals surface area contributed by atoms with Gasteiger partial charge in [0.25, 0.3) is 0 Å². The number of carbonyl (C=O) groups excluding carboxylic acids is 1. The predicted octanol–water partition coefficient (Wildman–Crippen LogP) is 3.69. The average molecular weight is 333 g/mol. The molecule has 116 valence electrons. The number of nitrogens with one attached hydrogen (secondary N) is 1. The standard InChI is InChI=1S/C17H19NO2S2/c19-16(6-5-14-3-1-11-21-14)18-13-17(7-9-20-10-8-17)15-4-2-12-22-15/h1-6,11-12H,7-10,13H2,(H,18,19)/b6-5+. The van der Waals surface area contributed by atoms with Crippen LogP contribution in [0.25, 0.3) is 6.08 Å². The molecule has 2 aromatic heterocycles. The van der Waals surface area contributed by atoms with Crippen molar-refractivity contribution in [3.63, 3.8) is 0 Å². The summed E-state index contributed by atoms with van der Waals surface area (Å²) in [5, 5.41) is 7.18. The van der Waals surface area contributed by atoms with E-state index >= 15 is 0 Å². The molecule has 1 fully saturated rings. The first-order valence-corrected chi connectivity index (χ1v) is 9.16. The van der Waals surface area contributed by atoms with Crippen LogP contribution in [0.15, 0.2) is 41.1 Å². The molecule has 3 rings (SSSR count). The first-order valence-electron chi connectivity index (χ1n) is 7.40. The molecule has 3 nitrogen and oxygen atoms in total. The summed E-state index contributed by atoms with van der Waals surface area (Å²) in [6, 6.07) is 8.23. The molecular formula is C17H19NO2S2. The summed E-state index contributed by atoms with van der Waals surface area (Å²) in [5.74, 6) is -0.0316. The van der Waals surface area contributed by atoms with Crippen LogP contribution in [0.5, 0.6) is 0 Å². The summed E-state index contributed by atoms with van der Waals surface area (Å²) in [6.07, 6.45) is 5.40. The summed E-state index contributed by atoms with van der Waals surface area (Å²) in [7, 11) is 0. The highest BCUT2D eigenvalue weighted by atomic mass is 32.1. The van der Waals surface area contributed by atoms with Gasteiger partial charge in [0.1, 0.15) is 0 Å². The van der Waals surface area contributed by atoms with E-state index in [1.54, 1.807) is 28.7 Å². The van der Waals surface area contributed by atoms with Crippen molar-refractivity contribution in [2.24, 2.45) is 0 Å². The van der Waals surface area contributed by atoms with E-state index in [4.69, 9.17) is 4.74 Å². The summed E-state index contributed by atoms with van der Waals surface area (Å²) >= 11 is 3.39. The SMILES string of the molecule is O=C(/C=C/c1cccs1)NCC1(c2cccs2)CCOCC1. The van der Waals surface area contributed by atoms with Crippen LogP contribution in [0.2, 0.25) is 0 Å². The second kappa shape index (κ2) is 7.22. The third-order valence-corrected chi connectivity index (χ3v) is 5.99. The second-order valence-corrected chi connectivity index (χ2v) is 7.36. The topological polar surface area (TPSA) is 38.3 Å². The highest BCUT2D eigenvalue weighted by Gasteiger charge is 2.35. The number of hydrogen-bond acceptors (Lipinski definition) is 4. The molecule has 22 heavy (non-hydrogen) atoms. The van der Waals surface area contributed by atoms with Gasteiger partial charge in [-0.15, -0.1) is 22.7 Å². The molecule has 1 saturated heterocycles. The lowest BCUT2D eigenvalue weighted by Gasteiger charge is -2.36. The normalized spacial score (nSPS) is 17.6. The number of amides is 1. The largest absolute Gasteiger partial charge is 0.381 e.